The summed E-state index contributed by atoms with van der Waals surface area (Å²) in [6.07, 6.45) is 2.68. The molecule has 3 heteroatoms. The zero-order chi connectivity index (χ0) is 11.8. The molecular formula is C13H17BrO2. The number of halogens is 1. The Kier molecular flexibility index (Phi) is 3.27. The normalized spacial score (nSPS) is 16.2. The van der Waals surface area contributed by atoms with E-state index in [1.807, 2.05) is 32.0 Å². The minimum Gasteiger partial charge on any atom is -0.490 e. The molecule has 1 N–H and O–H groups in total. The van der Waals surface area contributed by atoms with E-state index in [0.717, 1.165) is 28.6 Å². The minimum absolute atomic E-state index is 0.116. The molecule has 0 aliphatic heterocycles. The number of benzene rings is 1. The van der Waals surface area contributed by atoms with Crippen molar-refractivity contribution in [1.82, 2.24) is 0 Å². The predicted molar refractivity (Wildman–Crippen MR) is 67.9 cm³/mol. The van der Waals surface area contributed by atoms with Gasteiger partial charge in [-0.2, -0.15) is 0 Å². The highest BCUT2D eigenvalue weighted by molar-refractivity contribution is 9.10. The van der Waals surface area contributed by atoms with Crippen LogP contribution in [0.4, 0.5) is 0 Å². The highest BCUT2D eigenvalue weighted by Gasteiger charge is 2.28. The fourth-order valence-electron chi connectivity index (χ4n) is 1.58. The molecule has 1 saturated carbocycles. The van der Waals surface area contributed by atoms with Crippen LogP contribution in [-0.2, 0) is 5.41 Å². The van der Waals surface area contributed by atoms with Gasteiger partial charge in [0, 0.05) is 15.5 Å². The standard InChI is InChI=1S/C13H17BrO2/c1-13(2,8-15)11-7-9(14)3-6-12(11)16-10-4-5-10/h3,6-7,10,15H,4-5,8H2,1-2H3. The van der Waals surface area contributed by atoms with Crippen molar-refractivity contribution in [1.29, 1.82) is 0 Å². The van der Waals surface area contributed by atoms with Gasteiger partial charge in [0.2, 0.25) is 0 Å². The van der Waals surface area contributed by atoms with Crippen molar-refractivity contribution < 1.29 is 9.84 Å². The van der Waals surface area contributed by atoms with Gasteiger partial charge in [-0.25, -0.2) is 0 Å². The van der Waals surface area contributed by atoms with E-state index in [0.29, 0.717) is 6.10 Å². The van der Waals surface area contributed by atoms with E-state index in [1.54, 1.807) is 0 Å². The lowest BCUT2D eigenvalue weighted by Crippen LogP contribution is -2.23. The Hall–Kier alpha value is -0.540. The van der Waals surface area contributed by atoms with Crippen LogP contribution in [0.5, 0.6) is 5.75 Å². The monoisotopic (exact) mass is 284 g/mol. The molecule has 1 fully saturated rings. The highest BCUT2D eigenvalue weighted by atomic mass is 79.9. The van der Waals surface area contributed by atoms with E-state index in [4.69, 9.17) is 4.74 Å². The SMILES string of the molecule is CC(C)(CO)c1cc(Br)ccc1OC1CC1. The molecule has 2 nitrogen and oxygen atoms in total. The van der Waals surface area contributed by atoms with Crippen molar-refractivity contribution >= 4 is 15.9 Å². The van der Waals surface area contributed by atoms with Crippen LogP contribution in [0.25, 0.3) is 0 Å². The molecule has 0 unspecified atom stereocenters. The van der Waals surface area contributed by atoms with Crippen molar-refractivity contribution in [2.24, 2.45) is 0 Å². The Balaban J connectivity index is 2.34. The smallest absolute Gasteiger partial charge is 0.123 e. The second-order valence-electron chi connectivity index (χ2n) is 5.00. The minimum atomic E-state index is -0.270. The average Bonchev–Trinajstić information content (AvgIpc) is 3.04. The van der Waals surface area contributed by atoms with Gasteiger partial charge < -0.3 is 9.84 Å². The van der Waals surface area contributed by atoms with Crippen molar-refractivity contribution in [3.63, 3.8) is 0 Å². The van der Waals surface area contributed by atoms with Gasteiger partial charge in [-0.05, 0) is 31.0 Å². The van der Waals surface area contributed by atoms with Gasteiger partial charge in [0.25, 0.3) is 0 Å². The molecule has 2 rings (SSSR count). The Labute approximate surface area is 105 Å². The van der Waals surface area contributed by atoms with Crippen LogP contribution in [0.15, 0.2) is 22.7 Å². The molecule has 0 spiro atoms. The number of rotatable bonds is 4. The molecular weight excluding hydrogens is 268 g/mol. The molecule has 0 bridgehead atoms. The maximum atomic E-state index is 9.44. The maximum absolute atomic E-state index is 9.44. The lowest BCUT2D eigenvalue weighted by molar-refractivity contribution is 0.210. The second kappa shape index (κ2) is 4.38. The average molecular weight is 285 g/mol. The summed E-state index contributed by atoms with van der Waals surface area (Å²) < 4.78 is 6.89. The number of aliphatic hydroxyl groups is 1. The summed E-state index contributed by atoms with van der Waals surface area (Å²) in [6.45, 7) is 4.16. The first kappa shape index (κ1) is 11.9. The van der Waals surface area contributed by atoms with Crippen LogP contribution in [0.2, 0.25) is 0 Å². The number of hydrogen-bond donors (Lipinski definition) is 1. The van der Waals surface area contributed by atoms with Crippen molar-refractivity contribution in [3.8, 4) is 5.75 Å². The second-order valence-corrected chi connectivity index (χ2v) is 5.92. The molecule has 1 aromatic carbocycles. The van der Waals surface area contributed by atoms with Crippen molar-refractivity contribution in [2.45, 2.75) is 38.2 Å². The van der Waals surface area contributed by atoms with Crippen molar-refractivity contribution in [2.75, 3.05) is 6.61 Å². The maximum Gasteiger partial charge on any atom is 0.123 e. The van der Waals surface area contributed by atoms with E-state index in [2.05, 4.69) is 15.9 Å². The molecule has 1 aromatic rings. The van der Waals surface area contributed by atoms with Crippen LogP contribution < -0.4 is 4.74 Å². The van der Waals surface area contributed by atoms with Gasteiger partial charge in [-0.1, -0.05) is 29.8 Å². The summed E-state index contributed by atoms with van der Waals surface area (Å²) in [5.74, 6) is 0.907. The molecule has 0 aromatic heterocycles. The third-order valence-corrected chi connectivity index (χ3v) is 3.38. The highest BCUT2D eigenvalue weighted by Crippen LogP contribution is 2.37. The van der Waals surface area contributed by atoms with E-state index in [-0.39, 0.29) is 12.0 Å². The fraction of sp³-hybridized carbons (Fsp3) is 0.538. The summed E-state index contributed by atoms with van der Waals surface area (Å²) in [4.78, 5) is 0. The number of hydrogen-bond acceptors (Lipinski definition) is 2. The van der Waals surface area contributed by atoms with Gasteiger partial charge in [0.15, 0.2) is 0 Å². The van der Waals surface area contributed by atoms with E-state index < -0.39 is 0 Å². The Morgan fingerprint density at radius 3 is 2.69 bits per heavy atom. The molecule has 0 radical (unpaired) electrons. The zero-order valence-corrected chi connectivity index (χ0v) is 11.3. The van der Waals surface area contributed by atoms with E-state index in [1.165, 1.54) is 0 Å². The molecule has 16 heavy (non-hydrogen) atoms. The summed E-state index contributed by atoms with van der Waals surface area (Å²) in [6, 6.07) is 6.00. The predicted octanol–water partition coefficient (Wildman–Crippen LogP) is 3.26. The van der Waals surface area contributed by atoms with Gasteiger partial charge in [-0.3, -0.25) is 0 Å². The van der Waals surface area contributed by atoms with Crippen LogP contribution in [0, 0.1) is 0 Å². The van der Waals surface area contributed by atoms with Gasteiger partial charge in [-0.15, -0.1) is 0 Å². The first-order valence-electron chi connectivity index (χ1n) is 5.60. The topological polar surface area (TPSA) is 29.5 Å². The van der Waals surface area contributed by atoms with Crippen LogP contribution in [-0.4, -0.2) is 17.8 Å². The molecule has 0 amide bonds. The Bertz CT molecular complexity index is 384. The quantitative estimate of drug-likeness (QED) is 0.920. The lowest BCUT2D eigenvalue weighted by atomic mass is 9.85. The first-order chi connectivity index (χ1) is 7.53. The van der Waals surface area contributed by atoms with Gasteiger partial charge in [0.1, 0.15) is 5.75 Å². The van der Waals surface area contributed by atoms with Crippen LogP contribution in [0.3, 0.4) is 0 Å². The van der Waals surface area contributed by atoms with Crippen LogP contribution >= 0.6 is 15.9 Å². The summed E-state index contributed by atoms with van der Waals surface area (Å²) in [7, 11) is 0. The summed E-state index contributed by atoms with van der Waals surface area (Å²) in [5, 5.41) is 9.44. The third-order valence-electron chi connectivity index (χ3n) is 2.88. The molecule has 0 atom stereocenters. The lowest BCUT2D eigenvalue weighted by Gasteiger charge is -2.25. The molecule has 88 valence electrons. The number of aliphatic hydroxyl groups excluding tert-OH is 1. The van der Waals surface area contributed by atoms with E-state index >= 15 is 0 Å². The first-order valence-corrected chi connectivity index (χ1v) is 6.40. The van der Waals surface area contributed by atoms with E-state index in [9.17, 15) is 5.11 Å². The molecule has 1 aliphatic carbocycles. The van der Waals surface area contributed by atoms with Gasteiger partial charge in [0.05, 0.1) is 12.7 Å². The van der Waals surface area contributed by atoms with Crippen LogP contribution in [0.1, 0.15) is 32.3 Å². The molecule has 0 saturated heterocycles. The number of ether oxygens (including phenoxy) is 1. The van der Waals surface area contributed by atoms with Crippen molar-refractivity contribution in [3.05, 3.63) is 28.2 Å². The Morgan fingerprint density at radius 1 is 1.44 bits per heavy atom. The summed E-state index contributed by atoms with van der Waals surface area (Å²) >= 11 is 3.46. The summed E-state index contributed by atoms with van der Waals surface area (Å²) in [5.41, 5.74) is 0.796. The van der Waals surface area contributed by atoms with Gasteiger partial charge >= 0.3 is 0 Å². The Morgan fingerprint density at radius 2 is 2.12 bits per heavy atom. The molecule has 1 aliphatic rings. The third kappa shape index (κ3) is 2.58. The fourth-order valence-corrected chi connectivity index (χ4v) is 1.95. The zero-order valence-electron chi connectivity index (χ0n) is 9.66. The molecule has 0 heterocycles. The largest absolute Gasteiger partial charge is 0.490 e.